The van der Waals surface area contributed by atoms with Gasteiger partial charge in [-0.25, -0.2) is 9.67 Å². The van der Waals surface area contributed by atoms with Gasteiger partial charge in [0.2, 0.25) is 5.91 Å². The summed E-state index contributed by atoms with van der Waals surface area (Å²) in [6.07, 6.45) is 4.75. The van der Waals surface area contributed by atoms with Gasteiger partial charge < -0.3 is 4.90 Å². The molecular formula is C22H18ClN5O2. The quantitative estimate of drug-likeness (QED) is 0.511. The van der Waals surface area contributed by atoms with Gasteiger partial charge in [-0.15, -0.1) is 0 Å². The lowest BCUT2D eigenvalue weighted by atomic mass is 10.0. The third-order valence-electron chi connectivity index (χ3n) is 5.34. The molecule has 30 heavy (non-hydrogen) atoms. The van der Waals surface area contributed by atoms with E-state index in [2.05, 4.69) is 10.1 Å². The number of nitrogens with zero attached hydrogens (tertiary/aromatic N) is 5. The monoisotopic (exact) mass is 419 g/mol. The highest BCUT2D eigenvalue weighted by molar-refractivity contribution is 6.30. The topological polar surface area (TPSA) is 73.0 Å². The third-order valence-corrected chi connectivity index (χ3v) is 5.59. The molecule has 3 heterocycles. The number of hydrogen-bond donors (Lipinski definition) is 0. The first-order valence-electron chi connectivity index (χ1n) is 9.69. The molecule has 0 bridgehead atoms. The van der Waals surface area contributed by atoms with Crippen LogP contribution in [0, 0.1) is 0 Å². The predicted molar refractivity (Wildman–Crippen MR) is 115 cm³/mol. The number of hydrogen-bond acceptors (Lipinski definition) is 4. The van der Waals surface area contributed by atoms with Crippen LogP contribution in [0.1, 0.15) is 12.0 Å². The summed E-state index contributed by atoms with van der Waals surface area (Å²) in [4.78, 5) is 32.1. The molecule has 0 saturated carbocycles. The van der Waals surface area contributed by atoms with Crippen molar-refractivity contribution in [1.82, 2.24) is 19.3 Å². The number of fused-ring (bicyclic) bond motifs is 2. The van der Waals surface area contributed by atoms with E-state index in [4.69, 9.17) is 11.6 Å². The van der Waals surface area contributed by atoms with Crippen LogP contribution in [-0.2, 0) is 17.8 Å². The summed E-state index contributed by atoms with van der Waals surface area (Å²) in [6.45, 7) is 0.580. The van der Waals surface area contributed by atoms with Gasteiger partial charge in [-0.3, -0.25) is 14.2 Å². The average Bonchev–Trinajstić information content (AvgIpc) is 3.20. The molecular weight excluding hydrogens is 402 g/mol. The van der Waals surface area contributed by atoms with Gasteiger partial charge in [0.05, 0.1) is 11.9 Å². The lowest BCUT2D eigenvalue weighted by Crippen LogP contribution is -2.39. The maximum Gasteiger partial charge on any atom is 0.264 e. The third kappa shape index (κ3) is 3.17. The predicted octanol–water partition coefficient (Wildman–Crippen LogP) is 3.22. The number of carbonyl (C=O) groups is 1. The zero-order valence-corrected chi connectivity index (χ0v) is 16.8. The molecule has 1 aliphatic heterocycles. The number of para-hydroxylation sites is 1. The Balaban J connectivity index is 1.46. The van der Waals surface area contributed by atoms with Crippen LogP contribution in [0.25, 0.3) is 16.7 Å². The fourth-order valence-corrected chi connectivity index (χ4v) is 3.98. The van der Waals surface area contributed by atoms with Crippen LogP contribution in [-0.4, -0.2) is 31.8 Å². The minimum Gasteiger partial charge on any atom is -0.311 e. The largest absolute Gasteiger partial charge is 0.311 e. The molecule has 0 N–H and O–H groups in total. The van der Waals surface area contributed by atoms with Gasteiger partial charge in [0.15, 0.2) is 5.65 Å². The SMILES string of the molecule is O=C(Cn1cnc2c(cnn2-c2ccc(Cl)cc2)c1=O)N1CCCc2ccccc21. The summed E-state index contributed by atoms with van der Waals surface area (Å²) in [7, 11) is 0. The Labute approximate surface area is 177 Å². The van der Waals surface area contributed by atoms with Crippen LogP contribution < -0.4 is 10.5 Å². The first kappa shape index (κ1) is 18.6. The lowest BCUT2D eigenvalue weighted by Gasteiger charge is -2.29. The molecule has 0 aliphatic carbocycles. The number of rotatable bonds is 3. The molecule has 1 aliphatic rings. The Bertz CT molecular complexity index is 1310. The Kier molecular flexibility index (Phi) is 4.59. The van der Waals surface area contributed by atoms with E-state index in [0.29, 0.717) is 22.6 Å². The zero-order chi connectivity index (χ0) is 20.7. The van der Waals surface area contributed by atoms with E-state index in [1.165, 1.54) is 17.1 Å². The number of halogens is 1. The number of amides is 1. The van der Waals surface area contributed by atoms with Crippen molar-refractivity contribution < 1.29 is 4.79 Å². The molecule has 0 saturated heterocycles. The van der Waals surface area contributed by atoms with E-state index in [-0.39, 0.29) is 18.0 Å². The zero-order valence-electron chi connectivity index (χ0n) is 16.0. The van der Waals surface area contributed by atoms with E-state index in [9.17, 15) is 9.59 Å². The number of aromatic nitrogens is 4. The fraction of sp³-hybridized carbons (Fsp3) is 0.182. The maximum atomic E-state index is 13.0. The smallest absolute Gasteiger partial charge is 0.264 e. The van der Waals surface area contributed by atoms with Crippen molar-refractivity contribution in [3.05, 3.63) is 82.0 Å². The second kappa shape index (κ2) is 7.42. The summed E-state index contributed by atoms with van der Waals surface area (Å²) in [5.41, 5.74) is 2.97. The molecule has 0 spiro atoms. The Morgan fingerprint density at radius 3 is 2.73 bits per heavy atom. The second-order valence-electron chi connectivity index (χ2n) is 7.23. The Morgan fingerprint density at radius 1 is 1.10 bits per heavy atom. The molecule has 0 unspecified atom stereocenters. The minimum atomic E-state index is -0.293. The Morgan fingerprint density at radius 2 is 1.90 bits per heavy atom. The van der Waals surface area contributed by atoms with E-state index >= 15 is 0 Å². The van der Waals surface area contributed by atoms with Gasteiger partial charge >= 0.3 is 0 Å². The molecule has 2 aromatic carbocycles. The first-order chi connectivity index (χ1) is 14.6. The van der Waals surface area contributed by atoms with E-state index in [1.54, 1.807) is 33.8 Å². The van der Waals surface area contributed by atoms with Gasteiger partial charge in [0.25, 0.3) is 5.56 Å². The fourth-order valence-electron chi connectivity index (χ4n) is 3.86. The number of anilines is 1. The van der Waals surface area contributed by atoms with Crippen molar-refractivity contribution in [3.8, 4) is 5.69 Å². The first-order valence-corrected chi connectivity index (χ1v) is 10.1. The molecule has 1 amide bonds. The number of carbonyl (C=O) groups excluding carboxylic acids is 1. The summed E-state index contributed by atoms with van der Waals surface area (Å²) < 4.78 is 2.93. The standard InChI is InChI=1S/C22H18ClN5O2/c23-16-7-9-17(10-8-16)28-21-18(12-25-28)22(30)26(14-24-21)13-20(29)27-11-3-5-15-4-1-2-6-19(15)27/h1-2,4,6-10,12,14H,3,5,11,13H2. The molecule has 7 nitrogen and oxygen atoms in total. The molecule has 0 atom stereocenters. The van der Waals surface area contributed by atoms with Crippen LogP contribution in [0.4, 0.5) is 5.69 Å². The molecule has 150 valence electrons. The van der Waals surface area contributed by atoms with Crippen molar-refractivity contribution in [2.45, 2.75) is 19.4 Å². The van der Waals surface area contributed by atoms with Gasteiger partial charge in [-0.1, -0.05) is 29.8 Å². The summed E-state index contributed by atoms with van der Waals surface area (Å²) in [6, 6.07) is 15.0. The van der Waals surface area contributed by atoms with Gasteiger partial charge in [-0.05, 0) is 48.7 Å². The molecule has 8 heteroatoms. The van der Waals surface area contributed by atoms with Crippen molar-refractivity contribution in [2.24, 2.45) is 0 Å². The maximum absolute atomic E-state index is 13.0. The van der Waals surface area contributed by atoms with Crippen molar-refractivity contribution in [3.63, 3.8) is 0 Å². The van der Waals surface area contributed by atoms with Gasteiger partial charge in [0.1, 0.15) is 18.3 Å². The highest BCUT2D eigenvalue weighted by Crippen LogP contribution is 2.26. The second-order valence-corrected chi connectivity index (χ2v) is 7.66. The average molecular weight is 420 g/mol. The van der Waals surface area contributed by atoms with Crippen LogP contribution in [0.2, 0.25) is 5.02 Å². The van der Waals surface area contributed by atoms with Crippen molar-refractivity contribution in [1.29, 1.82) is 0 Å². The highest BCUT2D eigenvalue weighted by Gasteiger charge is 2.23. The highest BCUT2D eigenvalue weighted by atomic mass is 35.5. The van der Waals surface area contributed by atoms with Crippen LogP contribution in [0.5, 0.6) is 0 Å². The summed E-state index contributed by atoms with van der Waals surface area (Å²) in [5, 5.41) is 5.27. The summed E-state index contributed by atoms with van der Waals surface area (Å²) in [5.74, 6) is -0.129. The molecule has 5 rings (SSSR count). The van der Waals surface area contributed by atoms with Crippen LogP contribution in [0.15, 0.2) is 65.8 Å². The lowest BCUT2D eigenvalue weighted by molar-refractivity contribution is -0.119. The van der Waals surface area contributed by atoms with Crippen LogP contribution >= 0.6 is 11.6 Å². The molecule has 0 fully saturated rings. The molecule has 4 aromatic rings. The minimum absolute atomic E-state index is 0.0672. The normalized spacial score (nSPS) is 13.4. The molecule has 2 aromatic heterocycles. The molecule has 0 radical (unpaired) electrons. The Hall–Kier alpha value is -3.45. The van der Waals surface area contributed by atoms with Crippen molar-refractivity contribution in [2.75, 3.05) is 11.4 Å². The van der Waals surface area contributed by atoms with Gasteiger partial charge in [0, 0.05) is 17.3 Å². The summed E-state index contributed by atoms with van der Waals surface area (Å²) >= 11 is 5.95. The number of aryl methyl sites for hydroxylation is 1. The number of benzene rings is 2. The van der Waals surface area contributed by atoms with E-state index < -0.39 is 0 Å². The van der Waals surface area contributed by atoms with E-state index in [1.807, 2.05) is 24.3 Å². The van der Waals surface area contributed by atoms with E-state index in [0.717, 1.165) is 29.8 Å². The van der Waals surface area contributed by atoms with Gasteiger partial charge in [-0.2, -0.15) is 5.10 Å². The van der Waals surface area contributed by atoms with Crippen LogP contribution in [0.3, 0.4) is 0 Å². The van der Waals surface area contributed by atoms with Crippen molar-refractivity contribution >= 4 is 34.2 Å².